The van der Waals surface area contributed by atoms with E-state index in [1.54, 1.807) is 47.4 Å². The summed E-state index contributed by atoms with van der Waals surface area (Å²) in [7, 11) is -3.93. The van der Waals surface area contributed by atoms with E-state index in [4.69, 9.17) is 0 Å². The van der Waals surface area contributed by atoms with Gasteiger partial charge >= 0.3 is 6.03 Å². The zero-order chi connectivity index (χ0) is 18.3. The molecule has 0 atom stereocenters. The van der Waals surface area contributed by atoms with Crippen molar-refractivity contribution in [3.63, 3.8) is 0 Å². The van der Waals surface area contributed by atoms with E-state index in [0.717, 1.165) is 29.1 Å². The number of hydrogen-bond donors (Lipinski definition) is 0. The molecule has 136 valence electrons. The minimum atomic E-state index is -3.93. The van der Waals surface area contributed by atoms with E-state index in [9.17, 15) is 13.2 Å². The van der Waals surface area contributed by atoms with Crippen LogP contribution in [0.25, 0.3) is 0 Å². The molecule has 2 aliphatic rings. The van der Waals surface area contributed by atoms with Crippen LogP contribution in [0.4, 0.5) is 16.2 Å². The smallest absolute Gasteiger partial charge is 0.292 e. The van der Waals surface area contributed by atoms with Crippen molar-refractivity contribution in [2.45, 2.75) is 37.5 Å². The summed E-state index contributed by atoms with van der Waals surface area (Å²) in [6.07, 6.45) is 4.13. The number of fused-ring (bicyclic) bond motifs is 1. The van der Waals surface area contributed by atoms with E-state index in [1.807, 2.05) is 13.0 Å². The van der Waals surface area contributed by atoms with Crippen LogP contribution in [0.1, 0.15) is 31.7 Å². The second kappa shape index (κ2) is 6.43. The van der Waals surface area contributed by atoms with Gasteiger partial charge in [-0.1, -0.05) is 37.6 Å². The third kappa shape index (κ3) is 2.69. The fourth-order valence-corrected chi connectivity index (χ4v) is 5.16. The first kappa shape index (κ1) is 17.1. The van der Waals surface area contributed by atoms with Gasteiger partial charge in [-0.05, 0) is 55.0 Å². The van der Waals surface area contributed by atoms with Crippen LogP contribution in [0.5, 0.6) is 0 Å². The fourth-order valence-electron chi connectivity index (χ4n) is 3.57. The molecule has 0 saturated heterocycles. The van der Waals surface area contributed by atoms with E-state index < -0.39 is 16.1 Å². The molecule has 1 saturated carbocycles. The maximum atomic E-state index is 13.3. The highest BCUT2D eigenvalue weighted by atomic mass is 32.2. The second-order valence-corrected chi connectivity index (χ2v) is 8.71. The second-order valence-electron chi connectivity index (χ2n) is 6.95. The van der Waals surface area contributed by atoms with Crippen molar-refractivity contribution >= 4 is 27.4 Å². The molecule has 6 heteroatoms. The molecule has 1 fully saturated rings. The summed E-state index contributed by atoms with van der Waals surface area (Å²) in [4.78, 5) is 15.1. The first-order chi connectivity index (χ1) is 12.5. The van der Waals surface area contributed by atoms with Crippen LogP contribution in [-0.4, -0.2) is 21.0 Å². The predicted molar refractivity (Wildman–Crippen MR) is 102 cm³/mol. The molecule has 1 aliphatic heterocycles. The van der Waals surface area contributed by atoms with E-state index in [2.05, 4.69) is 0 Å². The summed E-state index contributed by atoms with van der Waals surface area (Å²) in [6.45, 7) is 2.57. The molecule has 0 unspecified atom stereocenters. The quantitative estimate of drug-likeness (QED) is 0.811. The molecule has 0 spiro atoms. The molecule has 0 N–H and O–H groups in total. The van der Waals surface area contributed by atoms with E-state index in [0.29, 0.717) is 23.8 Å². The molecule has 1 heterocycles. The zero-order valence-corrected chi connectivity index (χ0v) is 15.6. The first-order valence-corrected chi connectivity index (χ1v) is 10.5. The number of carbonyl (C=O) groups excluding carboxylic acids is 1. The lowest BCUT2D eigenvalue weighted by atomic mass is 9.85. The number of rotatable bonds is 4. The lowest BCUT2D eigenvalue weighted by Gasteiger charge is -2.39. The molecule has 0 radical (unpaired) electrons. The van der Waals surface area contributed by atoms with Gasteiger partial charge in [-0.15, -0.1) is 0 Å². The van der Waals surface area contributed by atoms with E-state index in [1.165, 1.54) is 6.42 Å². The van der Waals surface area contributed by atoms with Crippen LogP contribution in [0.3, 0.4) is 0 Å². The molecular weight excluding hydrogens is 348 g/mol. The largest absolute Gasteiger partial charge is 0.343 e. The molecule has 2 amide bonds. The molecule has 1 aliphatic carbocycles. The molecule has 0 aromatic heterocycles. The van der Waals surface area contributed by atoms with Crippen molar-refractivity contribution in [1.82, 2.24) is 0 Å². The van der Waals surface area contributed by atoms with Gasteiger partial charge < -0.3 is 0 Å². The lowest BCUT2D eigenvalue weighted by molar-refractivity contribution is 0.248. The Hall–Kier alpha value is -2.34. The zero-order valence-electron chi connectivity index (χ0n) is 14.8. The minimum Gasteiger partial charge on any atom is -0.292 e. The highest BCUT2D eigenvalue weighted by Gasteiger charge is 2.43. The molecule has 5 nitrogen and oxygen atoms in total. The highest BCUT2D eigenvalue weighted by molar-refractivity contribution is 7.94. The molecule has 2 aromatic rings. The summed E-state index contributed by atoms with van der Waals surface area (Å²) in [5, 5.41) is 0. The standard InChI is InChI=1S/C20H22N2O3S/c1-2-15-7-6-10-17(13-15)22-20(23)21(14-16-8-5-9-16)18-11-3-4-12-19(18)26(22,24)25/h3-4,6-7,10-13,16H,2,5,8-9,14H2,1H3. The molecular formula is C20H22N2O3S. The van der Waals surface area contributed by atoms with Gasteiger partial charge in [0.15, 0.2) is 0 Å². The summed E-state index contributed by atoms with van der Waals surface area (Å²) in [5.41, 5.74) is 1.89. The molecule has 0 bridgehead atoms. The van der Waals surface area contributed by atoms with Crippen LogP contribution in [0.2, 0.25) is 0 Å². The van der Waals surface area contributed by atoms with Gasteiger partial charge in [0.25, 0.3) is 10.0 Å². The van der Waals surface area contributed by atoms with Crippen LogP contribution in [-0.2, 0) is 16.4 Å². The SMILES string of the molecule is CCc1cccc(N2C(=O)N(CC3CCC3)c3ccccc3S2(=O)=O)c1. The summed E-state index contributed by atoms with van der Waals surface area (Å²) < 4.78 is 27.4. The van der Waals surface area contributed by atoms with Gasteiger partial charge in [-0.25, -0.2) is 13.2 Å². The van der Waals surface area contributed by atoms with Crippen molar-refractivity contribution in [3.05, 3.63) is 54.1 Å². The van der Waals surface area contributed by atoms with Gasteiger partial charge in [-0.3, -0.25) is 4.90 Å². The number of anilines is 2. The van der Waals surface area contributed by atoms with Crippen molar-refractivity contribution in [1.29, 1.82) is 0 Å². The Kier molecular flexibility index (Phi) is 4.23. The van der Waals surface area contributed by atoms with Crippen molar-refractivity contribution < 1.29 is 13.2 Å². The Balaban J connectivity index is 1.84. The van der Waals surface area contributed by atoms with Crippen molar-refractivity contribution in [3.8, 4) is 0 Å². The summed E-state index contributed by atoms with van der Waals surface area (Å²) in [5.74, 6) is 0.441. The number of aryl methyl sites for hydroxylation is 1. The van der Waals surface area contributed by atoms with Gasteiger partial charge in [0.05, 0.1) is 11.4 Å². The lowest BCUT2D eigenvalue weighted by Crippen LogP contribution is -2.52. The highest BCUT2D eigenvalue weighted by Crippen LogP contribution is 2.39. The number of para-hydroxylation sites is 1. The van der Waals surface area contributed by atoms with Crippen LogP contribution in [0.15, 0.2) is 53.4 Å². The minimum absolute atomic E-state index is 0.195. The molecule has 2 aromatic carbocycles. The predicted octanol–water partition coefficient (Wildman–Crippen LogP) is 4.18. The van der Waals surface area contributed by atoms with Gasteiger partial charge in [0.2, 0.25) is 0 Å². The van der Waals surface area contributed by atoms with Crippen LogP contribution in [0, 0.1) is 5.92 Å². The summed E-state index contributed by atoms with van der Waals surface area (Å²) in [6, 6.07) is 13.5. The Morgan fingerprint density at radius 2 is 1.85 bits per heavy atom. The molecule has 26 heavy (non-hydrogen) atoms. The monoisotopic (exact) mass is 370 g/mol. The number of benzene rings is 2. The third-order valence-electron chi connectivity index (χ3n) is 5.30. The topological polar surface area (TPSA) is 57.7 Å². The average molecular weight is 370 g/mol. The maximum Gasteiger partial charge on any atom is 0.343 e. The number of hydrogen-bond acceptors (Lipinski definition) is 3. The Bertz CT molecular complexity index is 951. The van der Waals surface area contributed by atoms with E-state index >= 15 is 0 Å². The number of urea groups is 1. The third-order valence-corrected chi connectivity index (χ3v) is 7.05. The molecule has 4 rings (SSSR count). The summed E-state index contributed by atoms with van der Waals surface area (Å²) >= 11 is 0. The van der Waals surface area contributed by atoms with E-state index in [-0.39, 0.29) is 4.90 Å². The number of carbonyl (C=O) groups is 1. The van der Waals surface area contributed by atoms with Gasteiger partial charge in [-0.2, -0.15) is 4.31 Å². The van der Waals surface area contributed by atoms with Crippen molar-refractivity contribution in [2.75, 3.05) is 15.7 Å². The Morgan fingerprint density at radius 3 is 2.54 bits per heavy atom. The Labute approximate surface area is 154 Å². The maximum absolute atomic E-state index is 13.3. The number of nitrogens with zero attached hydrogens (tertiary/aromatic N) is 2. The normalized spacial score (nSPS) is 19.2. The number of sulfonamides is 1. The number of amides is 2. The van der Waals surface area contributed by atoms with Crippen LogP contribution < -0.4 is 9.21 Å². The van der Waals surface area contributed by atoms with Crippen LogP contribution >= 0.6 is 0 Å². The Morgan fingerprint density at radius 1 is 1.08 bits per heavy atom. The van der Waals surface area contributed by atoms with Crippen molar-refractivity contribution in [2.24, 2.45) is 5.92 Å². The first-order valence-electron chi connectivity index (χ1n) is 9.07. The fraction of sp³-hybridized carbons (Fsp3) is 0.350. The average Bonchev–Trinajstić information content (AvgIpc) is 2.60. The van der Waals surface area contributed by atoms with Gasteiger partial charge in [0, 0.05) is 6.54 Å². The van der Waals surface area contributed by atoms with Gasteiger partial charge in [0.1, 0.15) is 4.90 Å².